The molecular formula is C12H15NO2S. The van der Waals surface area contributed by atoms with E-state index in [-0.39, 0.29) is 0 Å². The van der Waals surface area contributed by atoms with Gasteiger partial charge in [0.1, 0.15) is 0 Å². The number of hydrogen-bond donors (Lipinski definition) is 0. The second-order valence-electron chi connectivity index (χ2n) is 4.07. The Morgan fingerprint density at radius 3 is 2.56 bits per heavy atom. The van der Waals surface area contributed by atoms with Crippen LogP contribution in [0.15, 0.2) is 29.3 Å². The Kier molecular flexibility index (Phi) is 2.54. The Morgan fingerprint density at radius 2 is 2.00 bits per heavy atom. The van der Waals surface area contributed by atoms with Crippen LogP contribution in [-0.2, 0) is 23.3 Å². The molecular weight excluding hydrogens is 222 g/mol. The van der Waals surface area contributed by atoms with Crippen molar-refractivity contribution >= 4 is 20.7 Å². The molecule has 16 heavy (non-hydrogen) atoms. The van der Waals surface area contributed by atoms with Crippen LogP contribution in [0, 0.1) is 0 Å². The topological polar surface area (TPSA) is 39.1 Å². The highest BCUT2D eigenvalue weighted by Crippen LogP contribution is 2.24. The summed E-state index contributed by atoms with van der Waals surface area (Å²) in [6.45, 7) is 2.10. The molecule has 0 spiro atoms. The molecule has 0 unspecified atom stereocenters. The Balaban J connectivity index is 2.77. The van der Waals surface area contributed by atoms with Gasteiger partial charge in [-0.1, -0.05) is 13.0 Å². The summed E-state index contributed by atoms with van der Waals surface area (Å²) in [6.07, 6.45) is 4.24. The lowest BCUT2D eigenvalue weighted by atomic mass is 10.1. The van der Waals surface area contributed by atoms with E-state index in [0.29, 0.717) is 4.90 Å². The lowest BCUT2D eigenvalue weighted by Gasteiger charge is -2.00. The van der Waals surface area contributed by atoms with Crippen LogP contribution >= 0.6 is 0 Å². The molecule has 0 saturated heterocycles. The van der Waals surface area contributed by atoms with Gasteiger partial charge in [-0.25, -0.2) is 8.42 Å². The molecule has 0 atom stereocenters. The zero-order chi connectivity index (χ0) is 11.9. The molecule has 0 aliphatic heterocycles. The normalized spacial score (nSPS) is 12.2. The van der Waals surface area contributed by atoms with Crippen LogP contribution in [0.5, 0.6) is 0 Å². The van der Waals surface area contributed by atoms with E-state index in [2.05, 4.69) is 13.1 Å². The Morgan fingerprint density at radius 1 is 1.31 bits per heavy atom. The molecule has 1 aromatic carbocycles. The van der Waals surface area contributed by atoms with Crippen LogP contribution < -0.4 is 0 Å². The Bertz CT molecular complexity index is 638. The van der Waals surface area contributed by atoms with Gasteiger partial charge in [0.15, 0.2) is 9.84 Å². The van der Waals surface area contributed by atoms with E-state index < -0.39 is 9.84 Å². The SMILES string of the molecule is CCc1cn(C)c2cc(S(C)(=O)=O)ccc12. The molecule has 0 amide bonds. The van der Waals surface area contributed by atoms with Crippen LogP contribution in [-0.4, -0.2) is 19.2 Å². The number of rotatable bonds is 2. The van der Waals surface area contributed by atoms with Gasteiger partial charge in [0.05, 0.1) is 4.90 Å². The van der Waals surface area contributed by atoms with Crippen LogP contribution in [0.2, 0.25) is 0 Å². The highest BCUT2D eigenvalue weighted by Gasteiger charge is 2.11. The fourth-order valence-electron chi connectivity index (χ4n) is 1.96. The van der Waals surface area contributed by atoms with Crippen molar-refractivity contribution in [3.63, 3.8) is 0 Å². The maximum Gasteiger partial charge on any atom is 0.175 e. The smallest absolute Gasteiger partial charge is 0.175 e. The molecule has 0 N–H and O–H groups in total. The predicted octanol–water partition coefficient (Wildman–Crippen LogP) is 2.14. The second kappa shape index (κ2) is 3.63. The average Bonchev–Trinajstić information content (AvgIpc) is 2.54. The zero-order valence-corrected chi connectivity index (χ0v) is 10.5. The van der Waals surface area contributed by atoms with Crippen molar-refractivity contribution < 1.29 is 8.42 Å². The maximum atomic E-state index is 11.5. The molecule has 1 aromatic heterocycles. The van der Waals surface area contributed by atoms with Crippen LogP contribution in [0.25, 0.3) is 10.9 Å². The van der Waals surface area contributed by atoms with Crippen LogP contribution in [0.1, 0.15) is 12.5 Å². The summed E-state index contributed by atoms with van der Waals surface area (Å²) in [6, 6.07) is 5.31. The molecule has 0 radical (unpaired) electrons. The maximum absolute atomic E-state index is 11.5. The van der Waals surface area contributed by atoms with Crippen molar-refractivity contribution in [1.82, 2.24) is 4.57 Å². The number of hydrogen-bond acceptors (Lipinski definition) is 2. The van der Waals surface area contributed by atoms with Crippen molar-refractivity contribution in [2.75, 3.05) is 6.26 Å². The van der Waals surface area contributed by atoms with Gasteiger partial charge in [-0.15, -0.1) is 0 Å². The van der Waals surface area contributed by atoms with E-state index >= 15 is 0 Å². The summed E-state index contributed by atoms with van der Waals surface area (Å²) < 4.78 is 24.9. The lowest BCUT2D eigenvalue weighted by Crippen LogP contribution is -1.97. The summed E-state index contributed by atoms with van der Waals surface area (Å²) in [5.74, 6) is 0. The first-order valence-electron chi connectivity index (χ1n) is 5.21. The summed E-state index contributed by atoms with van der Waals surface area (Å²) >= 11 is 0. The number of aryl methyl sites for hydroxylation is 2. The highest BCUT2D eigenvalue weighted by molar-refractivity contribution is 7.90. The third kappa shape index (κ3) is 1.73. The van der Waals surface area contributed by atoms with Crippen LogP contribution in [0.4, 0.5) is 0 Å². The average molecular weight is 237 g/mol. The summed E-state index contributed by atoms with van der Waals surface area (Å²) in [5, 5.41) is 1.14. The van der Waals surface area contributed by atoms with E-state index in [1.165, 1.54) is 11.8 Å². The van der Waals surface area contributed by atoms with Gasteiger partial charge in [0, 0.05) is 30.4 Å². The first kappa shape index (κ1) is 11.2. The minimum atomic E-state index is -3.12. The van der Waals surface area contributed by atoms with E-state index in [9.17, 15) is 8.42 Å². The molecule has 0 bridgehead atoms. The third-order valence-corrected chi connectivity index (χ3v) is 3.96. The van der Waals surface area contributed by atoms with E-state index in [0.717, 1.165) is 17.3 Å². The number of fused-ring (bicyclic) bond motifs is 1. The fourth-order valence-corrected chi connectivity index (χ4v) is 2.60. The molecule has 0 aliphatic carbocycles. The number of benzene rings is 1. The van der Waals surface area contributed by atoms with E-state index in [1.807, 2.05) is 17.7 Å². The first-order chi connectivity index (χ1) is 7.43. The standard InChI is InChI=1S/C12H15NO2S/c1-4-9-8-13(2)12-7-10(16(3,14)15)5-6-11(9)12/h5-8H,4H2,1-3H3. The third-order valence-electron chi connectivity index (χ3n) is 2.85. The number of nitrogens with zero attached hydrogens (tertiary/aromatic N) is 1. The second-order valence-corrected chi connectivity index (χ2v) is 6.09. The summed E-state index contributed by atoms with van der Waals surface area (Å²) in [4.78, 5) is 0.379. The molecule has 2 aromatic rings. The van der Waals surface area contributed by atoms with Crippen molar-refractivity contribution in [1.29, 1.82) is 0 Å². The number of aromatic nitrogens is 1. The molecule has 0 aliphatic rings. The zero-order valence-electron chi connectivity index (χ0n) is 9.69. The fraction of sp³-hybridized carbons (Fsp3) is 0.333. The van der Waals surface area contributed by atoms with Gasteiger partial charge in [-0.2, -0.15) is 0 Å². The van der Waals surface area contributed by atoms with Crippen molar-refractivity contribution in [3.8, 4) is 0 Å². The first-order valence-corrected chi connectivity index (χ1v) is 7.10. The van der Waals surface area contributed by atoms with Crippen molar-refractivity contribution in [2.45, 2.75) is 18.2 Å². The molecule has 1 heterocycles. The predicted molar refractivity (Wildman–Crippen MR) is 65.4 cm³/mol. The Labute approximate surface area is 95.6 Å². The molecule has 3 nitrogen and oxygen atoms in total. The molecule has 2 rings (SSSR count). The quantitative estimate of drug-likeness (QED) is 0.802. The number of sulfone groups is 1. The molecule has 86 valence electrons. The van der Waals surface area contributed by atoms with Gasteiger partial charge in [-0.3, -0.25) is 0 Å². The minimum absolute atomic E-state index is 0.379. The van der Waals surface area contributed by atoms with E-state index in [4.69, 9.17) is 0 Å². The Hall–Kier alpha value is -1.29. The molecule has 0 fully saturated rings. The monoisotopic (exact) mass is 237 g/mol. The molecule has 4 heteroatoms. The van der Waals surface area contributed by atoms with Crippen molar-refractivity contribution in [2.24, 2.45) is 7.05 Å². The van der Waals surface area contributed by atoms with E-state index in [1.54, 1.807) is 12.1 Å². The highest BCUT2D eigenvalue weighted by atomic mass is 32.2. The van der Waals surface area contributed by atoms with Gasteiger partial charge in [-0.05, 0) is 24.1 Å². The molecule has 0 saturated carbocycles. The minimum Gasteiger partial charge on any atom is -0.350 e. The van der Waals surface area contributed by atoms with Crippen LogP contribution in [0.3, 0.4) is 0 Å². The van der Waals surface area contributed by atoms with Gasteiger partial charge in [0.2, 0.25) is 0 Å². The van der Waals surface area contributed by atoms with Gasteiger partial charge < -0.3 is 4.57 Å². The summed E-state index contributed by atoms with van der Waals surface area (Å²) in [7, 11) is -1.18. The van der Waals surface area contributed by atoms with Crippen molar-refractivity contribution in [3.05, 3.63) is 30.0 Å². The lowest BCUT2D eigenvalue weighted by molar-refractivity contribution is 0.602. The van der Waals surface area contributed by atoms with Gasteiger partial charge >= 0.3 is 0 Å². The van der Waals surface area contributed by atoms with Gasteiger partial charge in [0.25, 0.3) is 0 Å². The summed E-state index contributed by atoms with van der Waals surface area (Å²) in [5.41, 5.74) is 2.22. The largest absolute Gasteiger partial charge is 0.350 e.